The van der Waals surface area contributed by atoms with Crippen LogP contribution in [-0.2, 0) is 6.42 Å². The normalized spacial score (nSPS) is 23.0. The zero-order valence-corrected chi connectivity index (χ0v) is 11.8. The lowest BCUT2D eigenvalue weighted by atomic mass is 9.99. The van der Waals surface area contributed by atoms with Gasteiger partial charge in [-0.1, -0.05) is 12.1 Å². The molecule has 2 aliphatic heterocycles. The van der Waals surface area contributed by atoms with Gasteiger partial charge in [-0.2, -0.15) is 11.8 Å². The van der Waals surface area contributed by atoms with Gasteiger partial charge in [-0.05, 0) is 24.5 Å². The van der Waals surface area contributed by atoms with Crippen molar-refractivity contribution in [3.63, 3.8) is 0 Å². The molecule has 0 spiro atoms. The first kappa shape index (κ1) is 12.4. The molecule has 18 heavy (non-hydrogen) atoms. The summed E-state index contributed by atoms with van der Waals surface area (Å²) in [5.41, 5.74) is 1.99. The second kappa shape index (κ2) is 5.57. The van der Waals surface area contributed by atoms with Crippen molar-refractivity contribution in [1.29, 1.82) is 0 Å². The maximum absolute atomic E-state index is 12.6. The maximum Gasteiger partial charge on any atom is 0.180 e. The van der Waals surface area contributed by atoms with Crippen LogP contribution < -0.4 is 4.74 Å². The Bertz CT molecular complexity index is 453. The van der Waals surface area contributed by atoms with E-state index in [1.807, 2.05) is 23.9 Å². The fourth-order valence-corrected chi connectivity index (χ4v) is 5.02. The van der Waals surface area contributed by atoms with E-state index in [2.05, 4.69) is 6.07 Å². The highest BCUT2D eigenvalue weighted by atomic mass is 32.2. The molecule has 0 N–H and O–H groups in total. The van der Waals surface area contributed by atoms with Crippen LogP contribution in [0.25, 0.3) is 0 Å². The summed E-state index contributed by atoms with van der Waals surface area (Å²) >= 11 is 3.67. The number of benzene rings is 1. The number of hydrogen-bond donors (Lipinski definition) is 0. The van der Waals surface area contributed by atoms with Crippen LogP contribution in [0, 0.1) is 0 Å². The second-order valence-corrected chi connectivity index (χ2v) is 7.00. The zero-order valence-electron chi connectivity index (χ0n) is 10.2. The molecule has 0 aromatic heterocycles. The van der Waals surface area contributed by atoms with Gasteiger partial charge < -0.3 is 4.74 Å². The topological polar surface area (TPSA) is 26.3 Å². The van der Waals surface area contributed by atoms with Crippen molar-refractivity contribution in [1.82, 2.24) is 0 Å². The van der Waals surface area contributed by atoms with E-state index in [1.54, 1.807) is 11.8 Å². The Kier molecular flexibility index (Phi) is 3.85. The lowest BCUT2D eigenvalue weighted by Crippen LogP contribution is -2.25. The van der Waals surface area contributed by atoms with Crippen LogP contribution in [0.2, 0.25) is 0 Å². The molecule has 0 aliphatic carbocycles. The number of Topliss-reactive ketones (excluding diaryl/α,β-unsaturated/α-hetero) is 1. The molecule has 0 bridgehead atoms. The minimum atomic E-state index is 0.112. The lowest BCUT2D eigenvalue weighted by molar-refractivity contribution is 0.0990. The number of para-hydroxylation sites is 1. The molecule has 4 heteroatoms. The van der Waals surface area contributed by atoms with Gasteiger partial charge in [0, 0.05) is 17.3 Å². The summed E-state index contributed by atoms with van der Waals surface area (Å²) in [6.07, 6.45) is 2.09. The number of ketones is 1. The number of rotatable bonds is 2. The molecule has 1 fully saturated rings. The molecule has 1 atom stereocenters. The smallest absolute Gasteiger partial charge is 0.180 e. The predicted molar refractivity (Wildman–Crippen MR) is 78.2 cm³/mol. The molecule has 1 unspecified atom stereocenters. The first-order chi connectivity index (χ1) is 8.86. The van der Waals surface area contributed by atoms with Crippen LogP contribution >= 0.6 is 23.5 Å². The quantitative estimate of drug-likeness (QED) is 0.778. The summed E-state index contributed by atoms with van der Waals surface area (Å²) in [6.45, 7) is 0.740. The number of ether oxygens (including phenoxy) is 1. The number of thioether (sulfide) groups is 2. The van der Waals surface area contributed by atoms with Crippen LogP contribution in [0.15, 0.2) is 18.2 Å². The third-order valence-corrected chi connectivity index (χ3v) is 6.06. The van der Waals surface area contributed by atoms with Crippen LogP contribution in [0.4, 0.5) is 0 Å². The van der Waals surface area contributed by atoms with E-state index < -0.39 is 0 Å². The Morgan fingerprint density at radius 1 is 1.33 bits per heavy atom. The highest BCUT2D eigenvalue weighted by molar-refractivity contribution is 8.07. The first-order valence-electron chi connectivity index (χ1n) is 6.34. The number of hydrogen-bond acceptors (Lipinski definition) is 4. The largest absolute Gasteiger partial charge is 0.493 e. The molecule has 0 radical (unpaired) electrons. The van der Waals surface area contributed by atoms with Gasteiger partial charge >= 0.3 is 0 Å². The standard InChI is InChI=1S/C14H16O2S2/c15-13(12-9-17-7-8-18-12)11-5-1-3-10-4-2-6-16-14(10)11/h1,3,5,12H,2,4,6-9H2. The maximum atomic E-state index is 12.6. The molecule has 2 aliphatic rings. The number of fused-ring (bicyclic) bond motifs is 1. The average Bonchev–Trinajstić information content (AvgIpc) is 2.47. The van der Waals surface area contributed by atoms with E-state index in [0.29, 0.717) is 0 Å². The van der Waals surface area contributed by atoms with Crippen molar-refractivity contribution in [2.45, 2.75) is 18.1 Å². The van der Waals surface area contributed by atoms with Gasteiger partial charge in [-0.3, -0.25) is 4.79 Å². The third kappa shape index (κ3) is 2.41. The van der Waals surface area contributed by atoms with Gasteiger partial charge in [-0.15, -0.1) is 11.8 Å². The SMILES string of the molecule is O=C(c1cccc2c1OCCC2)C1CSCCS1. The molecule has 0 amide bonds. The Morgan fingerprint density at radius 2 is 2.28 bits per heavy atom. The van der Waals surface area contributed by atoms with Gasteiger partial charge in [0.1, 0.15) is 5.75 Å². The number of carbonyl (C=O) groups is 1. The first-order valence-corrected chi connectivity index (χ1v) is 8.55. The Balaban J connectivity index is 1.89. The summed E-state index contributed by atoms with van der Waals surface area (Å²) in [5, 5.41) is 0.112. The van der Waals surface area contributed by atoms with E-state index in [0.717, 1.165) is 48.0 Å². The molecule has 96 valence electrons. The predicted octanol–water partition coefficient (Wildman–Crippen LogP) is 3.04. The van der Waals surface area contributed by atoms with E-state index in [1.165, 1.54) is 5.56 Å². The van der Waals surface area contributed by atoms with Crippen molar-refractivity contribution < 1.29 is 9.53 Å². The van der Waals surface area contributed by atoms with E-state index >= 15 is 0 Å². The molecular weight excluding hydrogens is 264 g/mol. The minimum Gasteiger partial charge on any atom is -0.493 e. The molecular formula is C14H16O2S2. The monoisotopic (exact) mass is 280 g/mol. The fourth-order valence-electron chi connectivity index (χ4n) is 2.40. The van der Waals surface area contributed by atoms with Crippen molar-refractivity contribution in [2.24, 2.45) is 0 Å². The molecule has 2 heterocycles. The molecule has 1 aromatic rings. The molecule has 1 aromatic carbocycles. The van der Waals surface area contributed by atoms with E-state index in [4.69, 9.17) is 4.74 Å². The highest BCUT2D eigenvalue weighted by Crippen LogP contribution is 2.33. The van der Waals surface area contributed by atoms with E-state index in [-0.39, 0.29) is 11.0 Å². The van der Waals surface area contributed by atoms with Crippen molar-refractivity contribution in [2.75, 3.05) is 23.9 Å². The van der Waals surface area contributed by atoms with Gasteiger partial charge in [0.2, 0.25) is 0 Å². The average molecular weight is 280 g/mol. The Morgan fingerprint density at radius 3 is 3.11 bits per heavy atom. The zero-order chi connectivity index (χ0) is 12.4. The van der Waals surface area contributed by atoms with Crippen molar-refractivity contribution in [3.8, 4) is 5.75 Å². The second-order valence-electron chi connectivity index (χ2n) is 4.54. The number of carbonyl (C=O) groups excluding carboxylic acids is 1. The Labute approximate surface area is 116 Å². The van der Waals surface area contributed by atoms with Crippen LogP contribution in [-0.4, -0.2) is 34.9 Å². The Hall–Kier alpha value is -0.610. The third-order valence-electron chi connectivity index (χ3n) is 3.31. The van der Waals surface area contributed by atoms with Gasteiger partial charge in [0.05, 0.1) is 17.4 Å². The number of aryl methyl sites for hydroxylation is 1. The summed E-state index contributed by atoms with van der Waals surface area (Å²) in [7, 11) is 0. The van der Waals surface area contributed by atoms with Crippen LogP contribution in [0.3, 0.4) is 0 Å². The van der Waals surface area contributed by atoms with E-state index in [9.17, 15) is 4.79 Å². The summed E-state index contributed by atoms with van der Waals surface area (Å²) < 4.78 is 5.73. The fraction of sp³-hybridized carbons (Fsp3) is 0.500. The van der Waals surface area contributed by atoms with Crippen molar-refractivity contribution in [3.05, 3.63) is 29.3 Å². The molecule has 0 saturated carbocycles. The van der Waals surface area contributed by atoms with Crippen molar-refractivity contribution >= 4 is 29.3 Å². The lowest BCUT2D eigenvalue weighted by Gasteiger charge is -2.23. The van der Waals surface area contributed by atoms with Gasteiger partial charge in [-0.25, -0.2) is 0 Å². The molecule has 1 saturated heterocycles. The molecule has 2 nitrogen and oxygen atoms in total. The summed E-state index contributed by atoms with van der Waals surface area (Å²) in [6, 6.07) is 5.99. The van der Waals surface area contributed by atoms with Crippen LogP contribution in [0.1, 0.15) is 22.3 Å². The molecule has 3 rings (SSSR count). The van der Waals surface area contributed by atoms with Gasteiger partial charge in [0.15, 0.2) is 5.78 Å². The van der Waals surface area contributed by atoms with Gasteiger partial charge in [0.25, 0.3) is 0 Å². The summed E-state index contributed by atoms with van der Waals surface area (Å²) in [4.78, 5) is 12.6. The minimum absolute atomic E-state index is 0.112. The summed E-state index contributed by atoms with van der Waals surface area (Å²) in [5.74, 6) is 4.29. The van der Waals surface area contributed by atoms with Crippen LogP contribution in [0.5, 0.6) is 5.75 Å². The highest BCUT2D eigenvalue weighted by Gasteiger charge is 2.27.